The summed E-state index contributed by atoms with van der Waals surface area (Å²) in [5.41, 5.74) is 3.70. The number of hydrogen-bond acceptors (Lipinski definition) is 6. The van der Waals surface area contributed by atoms with Gasteiger partial charge in [-0.15, -0.1) is 0 Å². The van der Waals surface area contributed by atoms with Gasteiger partial charge in [-0.2, -0.15) is 0 Å². The summed E-state index contributed by atoms with van der Waals surface area (Å²) in [5.74, 6) is 0.663. The van der Waals surface area contributed by atoms with Crippen LogP contribution in [0.3, 0.4) is 0 Å². The van der Waals surface area contributed by atoms with Crippen molar-refractivity contribution < 1.29 is 14.3 Å². The van der Waals surface area contributed by atoms with Crippen LogP contribution in [0, 0.1) is 0 Å². The fourth-order valence-corrected chi connectivity index (χ4v) is 5.07. The minimum Gasteiger partial charge on any atom is -0.497 e. The molecule has 0 bridgehead atoms. The first-order valence-electron chi connectivity index (χ1n) is 11.3. The SMILES string of the molecule is CCOC(=O)C1=C(C)N=c2s/c(=C/c3ccc(C(C)C)cc3)c(=O)n2[C@@H]1c1ccc(OC)cc1. The number of nitrogens with zero attached hydrogens (tertiary/aromatic N) is 2. The number of allylic oxidation sites excluding steroid dienone is 1. The number of rotatable bonds is 6. The number of fused-ring (bicyclic) bond motifs is 1. The molecule has 0 spiro atoms. The predicted octanol–water partition coefficient (Wildman–Crippen LogP) is 3.93. The molecule has 7 heteroatoms. The molecular formula is C27H28N2O4S. The van der Waals surface area contributed by atoms with Crippen LogP contribution in [0.25, 0.3) is 6.08 Å². The molecule has 0 N–H and O–H groups in total. The summed E-state index contributed by atoms with van der Waals surface area (Å²) in [6, 6.07) is 14.9. The van der Waals surface area contributed by atoms with Crippen molar-refractivity contribution >= 4 is 23.4 Å². The highest BCUT2D eigenvalue weighted by Crippen LogP contribution is 2.31. The monoisotopic (exact) mass is 476 g/mol. The summed E-state index contributed by atoms with van der Waals surface area (Å²) >= 11 is 1.32. The maximum Gasteiger partial charge on any atom is 0.338 e. The second-order valence-electron chi connectivity index (χ2n) is 8.40. The molecule has 1 aliphatic rings. The highest BCUT2D eigenvalue weighted by atomic mass is 32.1. The summed E-state index contributed by atoms with van der Waals surface area (Å²) in [4.78, 5) is 31.7. The van der Waals surface area contributed by atoms with Crippen molar-refractivity contribution in [1.82, 2.24) is 4.57 Å². The first kappa shape index (κ1) is 23.7. The fourth-order valence-electron chi connectivity index (χ4n) is 4.02. The highest BCUT2D eigenvalue weighted by Gasteiger charge is 2.33. The van der Waals surface area contributed by atoms with E-state index >= 15 is 0 Å². The van der Waals surface area contributed by atoms with E-state index in [4.69, 9.17) is 9.47 Å². The van der Waals surface area contributed by atoms with Gasteiger partial charge < -0.3 is 9.47 Å². The van der Waals surface area contributed by atoms with Gasteiger partial charge in [-0.3, -0.25) is 9.36 Å². The lowest BCUT2D eigenvalue weighted by Gasteiger charge is -2.24. The Morgan fingerprint density at radius 2 is 1.82 bits per heavy atom. The van der Waals surface area contributed by atoms with Crippen LogP contribution in [0.5, 0.6) is 5.75 Å². The van der Waals surface area contributed by atoms with Crippen LogP contribution in [0.4, 0.5) is 0 Å². The fraction of sp³-hybridized carbons (Fsp3) is 0.296. The summed E-state index contributed by atoms with van der Waals surface area (Å²) in [6.45, 7) is 8.08. The van der Waals surface area contributed by atoms with Crippen molar-refractivity contribution in [1.29, 1.82) is 0 Å². The molecule has 4 rings (SSSR count). The third-order valence-corrected chi connectivity index (χ3v) is 6.83. The van der Waals surface area contributed by atoms with Crippen LogP contribution in [0.1, 0.15) is 56.3 Å². The molecule has 34 heavy (non-hydrogen) atoms. The number of aromatic nitrogens is 1. The zero-order valence-electron chi connectivity index (χ0n) is 20.0. The molecule has 2 heterocycles. The Morgan fingerprint density at radius 1 is 1.15 bits per heavy atom. The van der Waals surface area contributed by atoms with Gasteiger partial charge in [-0.1, -0.05) is 61.6 Å². The standard InChI is InChI=1S/C27H28N2O4S/c1-6-33-26(31)23-17(4)28-27-29(24(23)20-11-13-21(32-5)14-12-20)25(30)22(34-27)15-18-7-9-19(10-8-18)16(2)3/h7-16,24H,6H2,1-5H3/b22-15+/t24-/m1/s1. The van der Waals surface area contributed by atoms with E-state index in [2.05, 4.69) is 31.0 Å². The maximum atomic E-state index is 13.6. The molecule has 1 atom stereocenters. The molecule has 0 unspecified atom stereocenters. The van der Waals surface area contributed by atoms with Crippen molar-refractivity contribution in [2.24, 2.45) is 4.99 Å². The van der Waals surface area contributed by atoms with Crippen molar-refractivity contribution in [3.8, 4) is 5.75 Å². The molecule has 176 valence electrons. The number of esters is 1. The molecule has 0 fully saturated rings. The van der Waals surface area contributed by atoms with Crippen molar-refractivity contribution in [3.05, 3.63) is 96.2 Å². The van der Waals surface area contributed by atoms with Crippen LogP contribution in [-0.2, 0) is 9.53 Å². The smallest absolute Gasteiger partial charge is 0.338 e. The Balaban J connectivity index is 1.89. The normalized spacial score (nSPS) is 15.8. The van der Waals surface area contributed by atoms with Gasteiger partial charge in [0, 0.05) is 0 Å². The van der Waals surface area contributed by atoms with Crippen LogP contribution in [0.2, 0.25) is 0 Å². The molecule has 0 aliphatic carbocycles. The molecule has 0 saturated carbocycles. The summed E-state index contributed by atoms with van der Waals surface area (Å²) in [6.07, 6.45) is 1.88. The van der Waals surface area contributed by atoms with E-state index in [1.807, 2.05) is 42.5 Å². The number of carbonyl (C=O) groups is 1. The number of hydrogen-bond donors (Lipinski definition) is 0. The van der Waals surface area contributed by atoms with E-state index in [9.17, 15) is 9.59 Å². The first-order valence-corrected chi connectivity index (χ1v) is 12.1. The molecule has 1 aliphatic heterocycles. The van der Waals surface area contributed by atoms with Gasteiger partial charge in [0.1, 0.15) is 5.75 Å². The Hall–Kier alpha value is -3.45. The molecule has 1 aromatic heterocycles. The maximum absolute atomic E-state index is 13.6. The average molecular weight is 477 g/mol. The Morgan fingerprint density at radius 3 is 2.41 bits per heavy atom. The first-order chi connectivity index (χ1) is 16.3. The quantitative estimate of drug-likeness (QED) is 0.506. The minimum atomic E-state index is -0.633. The number of benzene rings is 2. The van der Waals surface area contributed by atoms with Gasteiger partial charge in [0.2, 0.25) is 0 Å². The third-order valence-electron chi connectivity index (χ3n) is 5.85. The van der Waals surface area contributed by atoms with Gasteiger partial charge in [0.15, 0.2) is 4.80 Å². The van der Waals surface area contributed by atoms with Crippen molar-refractivity contribution in [3.63, 3.8) is 0 Å². The van der Waals surface area contributed by atoms with E-state index in [-0.39, 0.29) is 12.2 Å². The largest absolute Gasteiger partial charge is 0.497 e. The lowest BCUT2D eigenvalue weighted by Crippen LogP contribution is -2.39. The second kappa shape index (κ2) is 9.81. The summed E-state index contributed by atoms with van der Waals surface area (Å²) < 4.78 is 12.8. The second-order valence-corrected chi connectivity index (χ2v) is 9.41. The number of thiazole rings is 1. The zero-order valence-corrected chi connectivity index (χ0v) is 20.8. The van der Waals surface area contributed by atoms with E-state index in [0.29, 0.717) is 32.3 Å². The van der Waals surface area contributed by atoms with E-state index in [0.717, 1.165) is 11.1 Å². The highest BCUT2D eigenvalue weighted by molar-refractivity contribution is 7.07. The lowest BCUT2D eigenvalue weighted by molar-refractivity contribution is -0.139. The number of ether oxygens (including phenoxy) is 2. The molecule has 6 nitrogen and oxygen atoms in total. The Kier molecular flexibility index (Phi) is 6.84. The van der Waals surface area contributed by atoms with Crippen LogP contribution in [-0.4, -0.2) is 24.3 Å². The number of methoxy groups -OCH3 is 1. The molecular weight excluding hydrogens is 448 g/mol. The Labute approximate surface area is 202 Å². The van der Waals surface area contributed by atoms with Crippen LogP contribution < -0.4 is 19.6 Å². The van der Waals surface area contributed by atoms with E-state index in [1.165, 1.54) is 16.9 Å². The predicted molar refractivity (Wildman–Crippen MR) is 134 cm³/mol. The van der Waals surface area contributed by atoms with Crippen molar-refractivity contribution in [2.75, 3.05) is 13.7 Å². The Bertz CT molecular complexity index is 1410. The molecule has 0 saturated heterocycles. The van der Waals surface area contributed by atoms with Crippen LogP contribution in [0.15, 0.2) is 69.6 Å². The summed E-state index contributed by atoms with van der Waals surface area (Å²) in [5, 5.41) is 0. The number of carbonyl (C=O) groups excluding carboxylic acids is 1. The minimum absolute atomic E-state index is 0.188. The van der Waals surface area contributed by atoms with Crippen LogP contribution >= 0.6 is 11.3 Å². The average Bonchev–Trinajstić information content (AvgIpc) is 3.13. The van der Waals surface area contributed by atoms with Gasteiger partial charge in [0.25, 0.3) is 5.56 Å². The van der Waals surface area contributed by atoms with E-state index < -0.39 is 12.0 Å². The van der Waals surface area contributed by atoms with Gasteiger partial charge in [0.05, 0.1) is 35.6 Å². The topological polar surface area (TPSA) is 69.9 Å². The molecule has 0 radical (unpaired) electrons. The van der Waals surface area contributed by atoms with Gasteiger partial charge in [-0.05, 0) is 54.7 Å². The summed E-state index contributed by atoms with van der Waals surface area (Å²) in [7, 11) is 1.60. The van der Waals surface area contributed by atoms with Gasteiger partial charge >= 0.3 is 5.97 Å². The van der Waals surface area contributed by atoms with Gasteiger partial charge in [-0.25, -0.2) is 9.79 Å². The molecule has 3 aromatic rings. The molecule has 2 aromatic carbocycles. The lowest BCUT2D eigenvalue weighted by atomic mass is 9.96. The third kappa shape index (κ3) is 4.48. The molecule has 0 amide bonds. The van der Waals surface area contributed by atoms with Crippen molar-refractivity contribution in [2.45, 2.75) is 39.7 Å². The van der Waals surface area contributed by atoms with E-state index in [1.54, 1.807) is 25.5 Å². The zero-order chi connectivity index (χ0) is 24.4.